The van der Waals surface area contributed by atoms with Crippen LogP contribution in [-0.4, -0.2) is 34.4 Å². The first-order chi connectivity index (χ1) is 7.09. The van der Waals surface area contributed by atoms with E-state index in [-0.39, 0.29) is 5.88 Å². The molecule has 5 heteroatoms. The molecule has 0 atom stereocenters. The number of hydrogen-bond donors (Lipinski definition) is 2. The Kier molecular flexibility index (Phi) is 2.84. The summed E-state index contributed by atoms with van der Waals surface area (Å²) in [4.78, 5) is 5.89. The summed E-state index contributed by atoms with van der Waals surface area (Å²) >= 11 is 1.39. The Bertz CT molecular complexity index is 334. The number of likely N-dealkylation sites (N-methyl/N-ethyl adjacent to an activating group) is 1. The second kappa shape index (κ2) is 3.98. The fourth-order valence-corrected chi connectivity index (χ4v) is 2.79. The fraction of sp³-hybridized carbons (Fsp3) is 0.700. The smallest absolute Gasteiger partial charge is 0.223 e. The summed E-state index contributed by atoms with van der Waals surface area (Å²) in [5.41, 5.74) is -0.559. The van der Waals surface area contributed by atoms with Crippen LogP contribution in [0.3, 0.4) is 0 Å². The molecule has 0 saturated heterocycles. The van der Waals surface area contributed by atoms with Crippen LogP contribution in [0, 0.1) is 0 Å². The van der Waals surface area contributed by atoms with Gasteiger partial charge in [-0.1, -0.05) is 12.8 Å². The van der Waals surface area contributed by atoms with Gasteiger partial charge in [-0.05, 0) is 12.8 Å². The van der Waals surface area contributed by atoms with E-state index < -0.39 is 5.60 Å². The fourth-order valence-electron chi connectivity index (χ4n) is 2.13. The molecule has 4 nitrogen and oxygen atoms in total. The van der Waals surface area contributed by atoms with Crippen molar-refractivity contribution in [2.75, 3.05) is 18.5 Å². The third-order valence-corrected chi connectivity index (χ3v) is 3.81. The number of thiazole rings is 1. The molecule has 1 aromatic rings. The van der Waals surface area contributed by atoms with E-state index in [4.69, 9.17) is 5.11 Å². The van der Waals surface area contributed by atoms with Crippen molar-refractivity contribution < 1.29 is 10.2 Å². The average molecular weight is 228 g/mol. The number of hydrogen-bond acceptors (Lipinski definition) is 5. The lowest BCUT2D eigenvalue weighted by atomic mass is 10.0. The highest BCUT2D eigenvalue weighted by Gasteiger charge is 2.32. The van der Waals surface area contributed by atoms with Crippen LogP contribution in [0.2, 0.25) is 0 Å². The summed E-state index contributed by atoms with van der Waals surface area (Å²) in [5, 5.41) is 21.7. The third kappa shape index (κ3) is 2.41. The van der Waals surface area contributed by atoms with Crippen LogP contribution in [0.1, 0.15) is 25.7 Å². The Morgan fingerprint density at radius 2 is 2.20 bits per heavy atom. The van der Waals surface area contributed by atoms with E-state index in [9.17, 15) is 5.11 Å². The van der Waals surface area contributed by atoms with Gasteiger partial charge in [0.15, 0.2) is 5.13 Å². The molecule has 0 radical (unpaired) electrons. The SMILES string of the molecule is CN(CC1(O)CCCC1)c1nc(O)cs1. The minimum absolute atomic E-state index is 0.0558. The van der Waals surface area contributed by atoms with Gasteiger partial charge in [-0.3, -0.25) is 0 Å². The van der Waals surface area contributed by atoms with Crippen LogP contribution in [0.25, 0.3) is 0 Å². The van der Waals surface area contributed by atoms with Crippen molar-refractivity contribution in [2.24, 2.45) is 0 Å². The Morgan fingerprint density at radius 1 is 1.53 bits per heavy atom. The number of rotatable bonds is 3. The van der Waals surface area contributed by atoms with Gasteiger partial charge in [0, 0.05) is 13.6 Å². The molecule has 1 heterocycles. The molecule has 15 heavy (non-hydrogen) atoms. The van der Waals surface area contributed by atoms with Gasteiger partial charge < -0.3 is 15.1 Å². The number of anilines is 1. The van der Waals surface area contributed by atoms with E-state index in [1.165, 1.54) is 11.3 Å². The van der Waals surface area contributed by atoms with Gasteiger partial charge in [-0.15, -0.1) is 11.3 Å². The molecule has 2 N–H and O–H groups in total. The zero-order chi connectivity index (χ0) is 10.9. The summed E-state index contributed by atoms with van der Waals surface area (Å²) in [6.07, 6.45) is 3.95. The van der Waals surface area contributed by atoms with E-state index in [1.54, 1.807) is 5.38 Å². The van der Waals surface area contributed by atoms with Crippen LogP contribution >= 0.6 is 11.3 Å². The standard InChI is InChI=1S/C10H16N2O2S/c1-12(9-11-8(13)6-15-9)7-10(14)4-2-3-5-10/h6,13-14H,2-5,7H2,1H3. The van der Waals surface area contributed by atoms with Crippen molar-refractivity contribution in [3.8, 4) is 5.88 Å². The van der Waals surface area contributed by atoms with Crippen LogP contribution in [0.4, 0.5) is 5.13 Å². The van der Waals surface area contributed by atoms with E-state index in [0.717, 1.165) is 30.8 Å². The Hall–Kier alpha value is -0.810. The van der Waals surface area contributed by atoms with Crippen molar-refractivity contribution in [3.63, 3.8) is 0 Å². The molecule has 1 fully saturated rings. The molecule has 0 amide bonds. The molecule has 2 rings (SSSR count). The monoisotopic (exact) mass is 228 g/mol. The second-order valence-electron chi connectivity index (χ2n) is 4.28. The zero-order valence-electron chi connectivity index (χ0n) is 8.81. The molecule has 0 aromatic carbocycles. The van der Waals surface area contributed by atoms with Crippen molar-refractivity contribution in [3.05, 3.63) is 5.38 Å². The number of aliphatic hydroxyl groups is 1. The predicted octanol–water partition coefficient (Wildman–Crippen LogP) is 1.59. The normalized spacial score (nSPS) is 19.3. The van der Waals surface area contributed by atoms with Gasteiger partial charge in [-0.2, -0.15) is 4.98 Å². The molecule has 1 aromatic heterocycles. The summed E-state index contributed by atoms with van der Waals surface area (Å²) < 4.78 is 0. The van der Waals surface area contributed by atoms with Gasteiger partial charge in [0.1, 0.15) is 0 Å². The minimum Gasteiger partial charge on any atom is -0.493 e. The van der Waals surface area contributed by atoms with Crippen LogP contribution in [0.15, 0.2) is 5.38 Å². The van der Waals surface area contributed by atoms with Crippen molar-refractivity contribution in [2.45, 2.75) is 31.3 Å². The first-order valence-corrected chi connectivity index (χ1v) is 6.05. The predicted molar refractivity (Wildman–Crippen MR) is 60.5 cm³/mol. The van der Waals surface area contributed by atoms with Crippen molar-refractivity contribution in [1.82, 2.24) is 4.98 Å². The Balaban J connectivity index is 2.00. The molecule has 1 aliphatic carbocycles. The molecular weight excluding hydrogens is 212 g/mol. The van der Waals surface area contributed by atoms with E-state index in [1.807, 2.05) is 11.9 Å². The largest absolute Gasteiger partial charge is 0.493 e. The Morgan fingerprint density at radius 3 is 2.73 bits per heavy atom. The highest BCUT2D eigenvalue weighted by molar-refractivity contribution is 7.13. The van der Waals surface area contributed by atoms with Gasteiger partial charge in [0.05, 0.1) is 11.0 Å². The van der Waals surface area contributed by atoms with Crippen LogP contribution in [0.5, 0.6) is 5.88 Å². The van der Waals surface area contributed by atoms with E-state index in [0.29, 0.717) is 6.54 Å². The molecule has 1 saturated carbocycles. The molecule has 0 bridgehead atoms. The van der Waals surface area contributed by atoms with E-state index in [2.05, 4.69) is 4.98 Å². The van der Waals surface area contributed by atoms with Gasteiger partial charge in [-0.25, -0.2) is 0 Å². The summed E-state index contributed by atoms with van der Waals surface area (Å²) in [7, 11) is 1.90. The lowest BCUT2D eigenvalue weighted by Crippen LogP contribution is -2.39. The summed E-state index contributed by atoms with van der Waals surface area (Å²) in [6.45, 7) is 0.597. The number of aromatic nitrogens is 1. The first-order valence-electron chi connectivity index (χ1n) is 5.17. The average Bonchev–Trinajstić information content (AvgIpc) is 2.75. The van der Waals surface area contributed by atoms with Crippen LogP contribution < -0.4 is 4.90 Å². The quantitative estimate of drug-likeness (QED) is 0.825. The highest BCUT2D eigenvalue weighted by Crippen LogP contribution is 2.32. The van der Waals surface area contributed by atoms with Gasteiger partial charge >= 0.3 is 0 Å². The minimum atomic E-state index is -0.559. The second-order valence-corrected chi connectivity index (χ2v) is 5.11. The number of nitrogens with zero attached hydrogens (tertiary/aromatic N) is 2. The first kappa shape index (κ1) is 10.7. The van der Waals surface area contributed by atoms with Gasteiger partial charge in [0.25, 0.3) is 0 Å². The molecule has 84 valence electrons. The van der Waals surface area contributed by atoms with Crippen LogP contribution in [-0.2, 0) is 0 Å². The zero-order valence-corrected chi connectivity index (χ0v) is 9.63. The number of aromatic hydroxyl groups is 1. The maximum absolute atomic E-state index is 10.2. The topological polar surface area (TPSA) is 56.6 Å². The maximum Gasteiger partial charge on any atom is 0.223 e. The van der Waals surface area contributed by atoms with Crippen molar-refractivity contribution >= 4 is 16.5 Å². The molecule has 1 aliphatic rings. The lowest BCUT2D eigenvalue weighted by Gasteiger charge is -2.28. The third-order valence-electron chi connectivity index (χ3n) is 2.87. The summed E-state index contributed by atoms with van der Waals surface area (Å²) in [6, 6.07) is 0. The Labute approximate surface area is 93.2 Å². The highest BCUT2D eigenvalue weighted by atomic mass is 32.1. The molecule has 0 spiro atoms. The molecule has 0 aliphatic heterocycles. The van der Waals surface area contributed by atoms with Gasteiger partial charge in [0.2, 0.25) is 5.88 Å². The lowest BCUT2D eigenvalue weighted by molar-refractivity contribution is 0.0559. The van der Waals surface area contributed by atoms with E-state index >= 15 is 0 Å². The van der Waals surface area contributed by atoms with Crippen molar-refractivity contribution in [1.29, 1.82) is 0 Å². The maximum atomic E-state index is 10.2. The molecule has 0 unspecified atom stereocenters. The molecular formula is C10H16N2O2S. The summed E-state index contributed by atoms with van der Waals surface area (Å²) in [5.74, 6) is 0.0558.